The highest BCUT2D eigenvalue weighted by Crippen LogP contribution is 2.31. The van der Waals surface area contributed by atoms with Gasteiger partial charge in [0, 0.05) is 18.3 Å². The molecule has 170 valence electrons. The first-order chi connectivity index (χ1) is 16.4. The number of nitro groups is 1. The van der Waals surface area contributed by atoms with Crippen LogP contribution >= 0.6 is 0 Å². The molecule has 6 nitrogen and oxygen atoms in total. The minimum absolute atomic E-state index is 0.128. The second kappa shape index (κ2) is 10.0. The quantitative estimate of drug-likeness (QED) is 0.236. The smallest absolute Gasteiger partial charge is 0.235 e. The highest BCUT2D eigenvalue weighted by molar-refractivity contribution is 5.84. The summed E-state index contributed by atoms with van der Waals surface area (Å²) in [5.41, 5.74) is 4.06. The van der Waals surface area contributed by atoms with Crippen LogP contribution in [0.15, 0.2) is 94.3 Å². The molecule has 0 N–H and O–H groups in total. The highest BCUT2D eigenvalue weighted by atomic mass is 16.6. The van der Waals surface area contributed by atoms with Gasteiger partial charge < -0.3 is 9.32 Å². The Morgan fingerprint density at radius 3 is 2.35 bits per heavy atom. The molecule has 0 atom stereocenters. The molecule has 0 aliphatic carbocycles. The Labute approximate surface area is 197 Å². The maximum Gasteiger partial charge on any atom is 0.235 e. The van der Waals surface area contributed by atoms with Crippen molar-refractivity contribution >= 4 is 34.7 Å². The van der Waals surface area contributed by atoms with E-state index in [4.69, 9.17) is 4.42 Å². The molecule has 0 fully saturated rings. The zero-order valence-electron chi connectivity index (χ0n) is 19.0. The molecule has 3 aromatic carbocycles. The van der Waals surface area contributed by atoms with Crippen LogP contribution in [-0.4, -0.2) is 11.5 Å². The van der Waals surface area contributed by atoms with Gasteiger partial charge in [0.15, 0.2) is 0 Å². The van der Waals surface area contributed by atoms with E-state index < -0.39 is 4.92 Å². The number of rotatable bonds is 7. The molecule has 4 rings (SSSR count). The monoisotopic (exact) mass is 452 g/mol. The maximum atomic E-state index is 13.4. The molecule has 0 saturated carbocycles. The second-order valence-corrected chi connectivity index (χ2v) is 8.01. The Kier molecular flexibility index (Phi) is 6.69. The maximum absolute atomic E-state index is 13.4. The molecule has 0 unspecified atom stereocenters. The predicted molar refractivity (Wildman–Crippen MR) is 137 cm³/mol. The normalized spacial score (nSPS) is 11.5. The van der Waals surface area contributed by atoms with Gasteiger partial charge in [0.1, 0.15) is 5.58 Å². The van der Waals surface area contributed by atoms with Gasteiger partial charge in [-0.25, -0.2) is 0 Å². The minimum Gasteiger partial charge on any atom is -0.439 e. The van der Waals surface area contributed by atoms with E-state index >= 15 is 0 Å². The molecule has 0 bridgehead atoms. The fourth-order valence-electron chi connectivity index (χ4n) is 3.68. The topological polar surface area (TPSA) is 76.6 Å². The summed E-state index contributed by atoms with van der Waals surface area (Å²) in [6.07, 6.45) is 5.93. The first-order valence-electron chi connectivity index (χ1n) is 10.9. The van der Waals surface area contributed by atoms with E-state index in [2.05, 4.69) is 0 Å². The number of benzene rings is 3. The summed E-state index contributed by atoms with van der Waals surface area (Å²) in [6, 6.07) is 23.0. The third kappa shape index (κ3) is 5.13. The third-order valence-electron chi connectivity index (χ3n) is 5.41. The third-order valence-corrected chi connectivity index (χ3v) is 5.41. The van der Waals surface area contributed by atoms with E-state index in [-0.39, 0.29) is 16.9 Å². The lowest BCUT2D eigenvalue weighted by Gasteiger charge is -2.24. The number of anilines is 2. The average molecular weight is 453 g/mol. The summed E-state index contributed by atoms with van der Waals surface area (Å²) in [7, 11) is 0. The highest BCUT2D eigenvalue weighted by Gasteiger charge is 2.20. The van der Waals surface area contributed by atoms with Crippen molar-refractivity contribution < 1.29 is 9.34 Å². The van der Waals surface area contributed by atoms with E-state index in [1.54, 1.807) is 12.1 Å². The van der Waals surface area contributed by atoms with E-state index in [1.807, 2.05) is 91.6 Å². The molecule has 0 aliphatic rings. The molecule has 0 spiro atoms. The first kappa shape index (κ1) is 22.7. The summed E-state index contributed by atoms with van der Waals surface area (Å²) in [5, 5.41) is 11.5. The van der Waals surface area contributed by atoms with Crippen LogP contribution in [0.4, 0.5) is 11.6 Å². The average Bonchev–Trinajstić information content (AvgIpc) is 2.83. The van der Waals surface area contributed by atoms with Crippen molar-refractivity contribution in [2.75, 3.05) is 11.4 Å². The van der Waals surface area contributed by atoms with Gasteiger partial charge in [0.2, 0.25) is 17.5 Å². The predicted octanol–water partition coefficient (Wildman–Crippen LogP) is 6.51. The van der Waals surface area contributed by atoms with Crippen molar-refractivity contribution in [1.82, 2.24) is 0 Å². The van der Waals surface area contributed by atoms with Crippen molar-refractivity contribution in [3.8, 4) is 0 Å². The van der Waals surface area contributed by atoms with E-state index in [9.17, 15) is 14.9 Å². The molecule has 0 amide bonds. The van der Waals surface area contributed by atoms with Gasteiger partial charge in [-0.2, -0.15) is 0 Å². The second-order valence-electron chi connectivity index (χ2n) is 8.01. The largest absolute Gasteiger partial charge is 0.439 e. The van der Waals surface area contributed by atoms with Crippen LogP contribution < -0.4 is 10.3 Å². The minimum atomic E-state index is -0.588. The van der Waals surface area contributed by atoms with Crippen molar-refractivity contribution in [2.45, 2.75) is 13.8 Å². The lowest BCUT2D eigenvalue weighted by atomic mass is 10.1. The summed E-state index contributed by atoms with van der Waals surface area (Å²) in [6.45, 7) is 4.26. The molecule has 0 saturated heterocycles. The lowest BCUT2D eigenvalue weighted by molar-refractivity contribution is -0.400. The Hall–Kier alpha value is -4.45. The fraction of sp³-hybridized carbons (Fsp3) is 0.107. The SMILES string of the molecule is Cc1ccc(N(C/C=C/c2ccccc2)c2oc3ccc(C)cc3c(=O)c2/C=C/[N+](=O)[O-])cc1. The van der Waals surface area contributed by atoms with Crippen molar-refractivity contribution in [2.24, 2.45) is 0 Å². The molecule has 0 aliphatic heterocycles. The zero-order valence-corrected chi connectivity index (χ0v) is 19.0. The van der Waals surface area contributed by atoms with Gasteiger partial charge in [-0.1, -0.05) is 71.8 Å². The van der Waals surface area contributed by atoms with Gasteiger partial charge >= 0.3 is 0 Å². The number of nitrogens with zero attached hydrogens (tertiary/aromatic N) is 2. The Balaban J connectivity index is 1.89. The van der Waals surface area contributed by atoms with Crippen molar-refractivity contribution in [3.63, 3.8) is 0 Å². The Morgan fingerprint density at radius 2 is 1.65 bits per heavy atom. The van der Waals surface area contributed by atoms with E-state index in [0.29, 0.717) is 17.5 Å². The van der Waals surface area contributed by atoms with Gasteiger partial charge in [0.05, 0.1) is 15.9 Å². The number of aryl methyl sites for hydroxylation is 2. The van der Waals surface area contributed by atoms with Crippen LogP contribution in [-0.2, 0) is 0 Å². The molecule has 1 aromatic heterocycles. The van der Waals surface area contributed by atoms with Crippen LogP contribution in [0, 0.1) is 24.0 Å². The fourth-order valence-corrected chi connectivity index (χ4v) is 3.68. The molecule has 0 radical (unpaired) electrons. The molecule has 34 heavy (non-hydrogen) atoms. The van der Waals surface area contributed by atoms with E-state index in [1.165, 1.54) is 6.08 Å². The Morgan fingerprint density at radius 1 is 0.941 bits per heavy atom. The standard InChI is InChI=1S/C28H24N2O4/c1-20-10-13-23(14-11-20)29(17-6-9-22-7-4-3-5-8-22)28-24(16-18-30(32)33)27(31)25-19-21(2)12-15-26(25)34-28/h3-16,18-19H,17H2,1-2H3/b9-6+,18-16+. The summed E-state index contributed by atoms with van der Waals surface area (Å²) >= 11 is 0. The number of fused-ring (bicyclic) bond motifs is 1. The first-order valence-corrected chi connectivity index (χ1v) is 10.9. The Bertz CT molecular complexity index is 1440. The number of hydrogen-bond acceptors (Lipinski definition) is 5. The summed E-state index contributed by atoms with van der Waals surface area (Å²) in [5.74, 6) is 0.251. The van der Waals surface area contributed by atoms with Crippen molar-refractivity contribution in [3.05, 3.63) is 128 Å². The van der Waals surface area contributed by atoms with Crippen LogP contribution in [0.25, 0.3) is 23.1 Å². The van der Waals surface area contributed by atoms with Crippen LogP contribution in [0.2, 0.25) is 0 Å². The zero-order chi connectivity index (χ0) is 24.1. The van der Waals surface area contributed by atoms with Crippen LogP contribution in [0.3, 0.4) is 0 Å². The lowest BCUT2D eigenvalue weighted by Crippen LogP contribution is -2.21. The summed E-state index contributed by atoms with van der Waals surface area (Å²) in [4.78, 5) is 25.8. The van der Waals surface area contributed by atoms with Gasteiger partial charge in [-0.15, -0.1) is 0 Å². The van der Waals surface area contributed by atoms with E-state index in [0.717, 1.165) is 28.6 Å². The van der Waals surface area contributed by atoms with Gasteiger partial charge in [-0.05, 0) is 43.7 Å². The van der Waals surface area contributed by atoms with Gasteiger partial charge in [0.25, 0.3) is 0 Å². The molecule has 4 aromatic rings. The van der Waals surface area contributed by atoms with Gasteiger partial charge in [-0.3, -0.25) is 14.9 Å². The van der Waals surface area contributed by atoms with Crippen LogP contribution in [0.5, 0.6) is 0 Å². The molecule has 1 heterocycles. The molecular formula is C28H24N2O4. The molecule has 6 heteroatoms. The van der Waals surface area contributed by atoms with Crippen LogP contribution in [0.1, 0.15) is 22.3 Å². The molecular weight excluding hydrogens is 428 g/mol. The summed E-state index contributed by atoms with van der Waals surface area (Å²) < 4.78 is 6.23. The van der Waals surface area contributed by atoms with Crippen molar-refractivity contribution in [1.29, 1.82) is 0 Å². The number of hydrogen-bond donors (Lipinski definition) is 0.